The van der Waals surface area contributed by atoms with Gasteiger partial charge in [0.2, 0.25) is 0 Å². The summed E-state index contributed by atoms with van der Waals surface area (Å²) in [6.07, 6.45) is 5.13. The van der Waals surface area contributed by atoms with Crippen LogP contribution in [0.3, 0.4) is 0 Å². The van der Waals surface area contributed by atoms with Crippen LogP contribution in [-0.2, 0) is 26.1 Å². The SMILES string of the molecule is CCCCN(C)CCC(=O)O.CCCCN(C)CCC(=O)O.[Ni+2]. The normalized spacial score (nSPS) is 10.0. The number of rotatable bonds is 12. The number of hydrogen-bond acceptors (Lipinski definition) is 4. The summed E-state index contributed by atoms with van der Waals surface area (Å²) in [6, 6.07) is 0. The van der Waals surface area contributed by atoms with Crippen molar-refractivity contribution in [3.05, 3.63) is 0 Å². The van der Waals surface area contributed by atoms with Crippen molar-refractivity contribution >= 4 is 11.9 Å². The third kappa shape index (κ3) is 26.6. The molecule has 0 saturated carbocycles. The van der Waals surface area contributed by atoms with Gasteiger partial charge in [0.1, 0.15) is 0 Å². The van der Waals surface area contributed by atoms with E-state index in [4.69, 9.17) is 10.2 Å². The van der Waals surface area contributed by atoms with Gasteiger partial charge in [0, 0.05) is 13.1 Å². The van der Waals surface area contributed by atoms with Crippen molar-refractivity contribution in [2.24, 2.45) is 0 Å². The van der Waals surface area contributed by atoms with E-state index in [1.165, 1.54) is 0 Å². The summed E-state index contributed by atoms with van der Waals surface area (Å²) in [5.41, 5.74) is 0. The van der Waals surface area contributed by atoms with E-state index in [1.807, 2.05) is 14.1 Å². The Morgan fingerprint density at radius 1 is 0.739 bits per heavy atom. The van der Waals surface area contributed by atoms with Crippen LogP contribution in [0.15, 0.2) is 0 Å². The summed E-state index contributed by atoms with van der Waals surface area (Å²) in [7, 11) is 3.91. The molecule has 0 heterocycles. The maximum Gasteiger partial charge on any atom is 2.00 e. The van der Waals surface area contributed by atoms with Crippen molar-refractivity contribution in [1.82, 2.24) is 9.80 Å². The number of carbonyl (C=O) groups is 2. The van der Waals surface area contributed by atoms with Gasteiger partial charge in [-0.05, 0) is 40.0 Å². The first kappa shape index (κ1) is 27.2. The molecule has 0 aromatic heterocycles. The van der Waals surface area contributed by atoms with E-state index >= 15 is 0 Å². The molecule has 0 saturated heterocycles. The second-order valence-corrected chi connectivity index (χ2v) is 5.60. The number of carboxylic acid groups (broad SMARTS) is 2. The van der Waals surface area contributed by atoms with Crippen molar-refractivity contribution in [2.75, 3.05) is 40.3 Å². The van der Waals surface area contributed by atoms with Gasteiger partial charge in [-0.2, -0.15) is 0 Å². The Hall–Kier alpha value is -0.646. The second kappa shape index (κ2) is 19.4. The predicted octanol–water partition coefficient (Wildman–Crippen LogP) is 2.38. The van der Waals surface area contributed by atoms with E-state index in [0.29, 0.717) is 13.1 Å². The summed E-state index contributed by atoms with van der Waals surface area (Å²) < 4.78 is 0. The summed E-state index contributed by atoms with van der Waals surface area (Å²) >= 11 is 0. The first-order valence-electron chi connectivity index (χ1n) is 8.14. The van der Waals surface area contributed by atoms with Crippen LogP contribution >= 0.6 is 0 Å². The molecule has 0 rings (SSSR count). The zero-order valence-electron chi connectivity index (χ0n) is 15.0. The van der Waals surface area contributed by atoms with Crippen LogP contribution in [0.2, 0.25) is 0 Å². The Kier molecular flexibility index (Phi) is 23.0. The molecule has 0 amide bonds. The zero-order valence-corrected chi connectivity index (χ0v) is 16.0. The van der Waals surface area contributed by atoms with E-state index in [2.05, 4.69) is 23.6 Å². The average molecular weight is 377 g/mol. The molecule has 0 aliphatic rings. The fourth-order valence-corrected chi connectivity index (χ4v) is 1.65. The van der Waals surface area contributed by atoms with Crippen molar-refractivity contribution < 1.29 is 36.3 Å². The molecule has 0 spiro atoms. The van der Waals surface area contributed by atoms with Crippen molar-refractivity contribution in [3.63, 3.8) is 0 Å². The van der Waals surface area contributed by atoms with Gasteiger partial charge in [-0.1, -0.05) is 26.7 Å². The molecular formula is C16H34N2NiO4+2. The van der Waals surface area contributed by atoms with Crippen LogP contribution in [0.4, 0.5) is 0 Å². The Bertz CT molecular complexity index is 263. The molecule has 140 valence electrons. The molecular weight excluding hydrogens is 343 g/mol. The Morgan fingerprint density at radius 3 is 1.26 bits per heavy atom. The van der Waals surface area contributed by atoms with Crippen LogP contribution < -0.4 is 0 Å². The van der Waals surface area contributed by atoms with Crippen molar-refractivity contribution in [1.29, 1.82) is 0 Å². The van der Waals surface area contributed by atoms with Gasteiger partial charge in [0.05, 0.1) is 12.8 Å². The number of nitrogens with zero attached hydrogens (tertiary/aromatic N) is 2. The summed E-state index contributed by atoms with van der Waals surface area (Å²) in [5, 5.41) is 16.7. The second-order valence-electron chi connectivity index (χ2n) is 5.60. The maximum absolute atomic E-state index is 10.2. The monoisotopic (exact) mass is 376 g/mol. The molecule has 6 nitrogen and oxygen atoms in total. The third-order valence-electron chi connectivity index (χ3n) is 3.20. The van der Waals surface area contributed by atoms with E-state index in [9.17, 15) is 9.59 Å². The van der Waals surface area contributed by atoms with Crippen LogP contribution in [-0.4, -0.2) is 72.2 Å². The van der Waals surface area contributed by atoms with Gasteiger partial charge in [0.25, 0.3) is 0 Å². The molecule has 23 heavy (non-hydrogen) atoms. The van der Waals surface area contributed by atoms with Gasteiger partial charge < -0.3 is 20.0 Å². The standard InChI is InChI=1S/2C8H17NO2.Ni/c2*1-3-4-6-9(2)7-5-8(10)11;/h2*3-7H2,1-2H3,(H,10,11);/q;;+2. The Labute approximate surface area is 151 Å². The smallest absolute Gasteiger partial charge is 0.481 e. The van der Waals surface area contributed by atoms with Crippen LogP contribution in [0.5, 0.6) is 0 Å². The average Bonchev–Trinajstić information content (AvgIpc) is 2.47. The number of carboxylic acids is 2. The van der Waals surface area contributed by atoms with E-state index in [1.54, 1.807) is 0 Å². The van der Waals surface area contributed by atoms with Crippen LogP contribution in [0.1, 0.15) is 52.4 Å². The predicted molar refractivity (Wildman–Crippen MR) is 89.3 cm³/mol. The zero-order chi connectivity index (χ0) is 17.4. The fraction of sp³-hybridized carbons (Fsp3) is 0.875. The molecule has 0 bridgehead atoms. The number of hydrogen-bond donors (Lipinski definition) is 2. The maximum atomic E-state index is 10.2. The van der Waals surface area contributed by atoms with Gasteiger partial charge in [-0.25, -0.2) is 0 Å². The number of aliphatic carboxylic acids is 2. The molecule has 2 N–H and O–H groups in total. The molecule has 0 fully saturated rings. The van der Waals surface area contributed by atoms with Gasteiger partial charge in [0.15, 0.2) is 0 Å². The molecule has 0 aromatic rings. The molecule has 0 aliphatic carbocycles. The Morgan fingerprint density at radius 2 is 1.04 bits per heavy atom. The topological polar surface area (TPSA) is 81.1 Å². The van der Waals surface area contributed by atoms with E-state index in [-0.39, 0.29) is 29.3 Å². The minimum atomic E-state index is -0.714. The first-order chi connectivity index (χ1) is 10.3. The van der Waals surface area contributed by atoms with Gasteiger partial charge in [-0.3, -0.25) is 9.59 Å². The summed E-state index contributed by atoms with van der Waals surface area (Å²) in [5.74, 6) is -1.43. The van der Waals surface area contributed by atoms with Crippen molar-refractivity contribution in [3.8, 4) is 0 Å². The third-order valence-corrected chi connectivity index (χ3v) is 3.20. The largest absolute Gasteiger partial charge is 2.00 e. The fourth-order valence-electron chi connectivity index (χ4n) is 1.65. The van der Waals surface area contributed by atoms with Gasteiger partial charge in [-0.15, -0.1) is 0 Å². The molecule has 0 radical (unpaired) electrons. The van der Waals surface area contributed by atoms with Crippen LogP contribution in [0.25, 0.3) is 0 Å². The van der Waals surface area contributed by atoms with E-state index < -0.39 is 11.9 Å². The molecule has 0 unspecified atom stereocenters. The summed E-state index contributed by atoms with van der Waals surface area (Å²) in [4.78, 5) is 24.4. The van der Waals surface area contributed by atoms with E-state index in [0.717, 1.165) is 38.8 Å². The molecule has 0 atom stereocenters. The molecule has 7 heteroatoms. The molecule has 0 aliphatic heterocycles. The van der Waals surface area contributed by atoms with Crippen molar-refractivity contribution in [2.45, 2.75) is 52.4 Å². The number of unbranched alkanes of at least 4 members (excludes halogenated alkanes) is 2. The quantitative estimate of drug-likeness (QED) is 0.509. The molecule has 0 aromatic carbocycles. The summed E-state index contributed by atoms with van der Waals surface area (Å²) in [6.45, 7) is 7.59. The minimum Gasteiger partial charge on any atom is -0.481 e. The van der Waals surface area contributed by atoms with Gasteiger partial charge >= 0.3 is 28.4 Å². The first-order valence-corrected chi connectivity index (χ1v) is 8.14. The minimum absolute atomic E-state index is 0. The van der Waals surface area contributed by atoms with Crippen LogP contribution in [0, 0.1) is 0 Å². The Balaban J connectivity index is -0.000000333.